The molecule has 1 heterocycles. The van der Waals surface area contributed by atoms with Gasteiger partial charge in [0, 0.05) is 11.3 Å². The first-order chi connectivity index (χ1) is 8.71. The van der Waals surface area contributed by atoms with E-state index < -0.39 is 0 Å². The summed E-state index contributed by atoms with van der Waals surface area (Å²) >= 11 is 7.83. The molecule has 1 aromatic heterocycles. The maximum Gasteiger partial charge on any atom is 0.132 e. The smallest absolute Gasteiger partial charge is 0.132 e. The summed E-state index contributed by atoms with van der Waals surface area (Å²) in [5, 5.41) is 13.4. The first-order valence-corrected chi connectivity index (χ1v) is 7.75. The lowest BCUT2D eigenvalue weighted by molar-refractivity contribution is 0.473. The third-order valence-electron chi connectivity index (χ3n) is 3.23. The van der Waals surface area contributed by atoms with Gasteiger partial charge in [-0.1, -0.05) is 18.0 Å². The lowest BCUT2D eigenvalue weighted by atomic mass is 9.95. The molecule has 18 heavy (non-hydrogen) atoms. The largest absolute Gasteiger partial charge is 0.367 e. The Morgan fingerprint density at radius 3 is 3.06 bits per heavy atom. The van der Waals surface area contributed by atoms with E-state index in [1.807, 2.05) is 11.8 Å². The van der Waals surface area contributed by atoms with E-state index in [0.29, 0.717) is 22.6 Å². The van der Waals surface area contributed by atoms with Crippen LogP contribution in [0.2, 0.25) is 5.15 Å². The molecular formula is C13H16ClN3S. The topological polar surface area (TPSA) is 48.7 Å². The van der Waals surface area contributed by atoms with Crippen LogP contribution >= 0.6 is 23.4 Å². The number of rotatable bonds is 3. The van der Waals surface area contributed by atoms with Crippen molar-refractivity contribution in [3.8, 4) is 6.07 Å². The van der Waals surface area contributed by atoms with E-state index in [9.17, 15) is 0 Å². The van der Waals surface area contributed by atoms with Gasteiger partial charge in [-0.2, -0.15) is 17.0 Å². The fraction of sp³-hybridized carbons (Fsp3) is 0.538. The van der Waals surface area contributed by atoms with Gasteiger partial charge in [-0.15, -0.1) is 0 Å². The third kappa shape index (κ3) is 3.54. The molecule has 1 aliphatic rings. The summed E-state index contributed by atoms with van der Waals surface area (Å²) in [4.78, 5) is 4.22. The summed E-state index contributed by atoms with van der Waals surface area (Å²) in [7, 11) is 0. The van der Waals surface area contributed by atoms with Crippen molar-refractivity contribution < 1.29 is 0 Å². The molecule has 0 radical (unpaired) electrons. The minimum Gasteiger partial charge on any atom is -0.367 e. The predicted molar refractivity (Wildman–Crippen MR) is 77.1 cm³/mol. The van der Waals surface area contributed by atoms with Gasteiger partial charge < -0.3 is 5.32 Å². The normalized spacial score (nSPS) is 23.4. The number of pyridine rings is 1. The van der Waals surface area contributed by atoms with Crippen molar-refractivity contribution in [2.24, 2.45) is 0 Å². The third-order valence-corrected chi connectivity index (χ3v) is 4.52. The van der Waals surface area contributed by atoms with Crippen molar-refractivity contribution in [1.82, 2.24) is 4.98 Å². The summed E-state index contributed by atoms with van der Waals surface area (Å²) in [6, 6.07) is 5.88. The molecule has 2 rings (SSSR count). The Labute approximate surface area is 117 Å². The van der Waals surface area contributed by atoms with Gasteiger partial charge in [0.05, 0.1) is 11.6 Å². The molecule has 0 spiro atoms. The number of hydrogen-bond donors (Lipinski definition) is 1. The number of nitrogens with zero attached hydrogens (tertiary/aromatic N) is 2. The van der Waals surface area contributed by atoms with Crippen molar-refractivity contribution in [3.05, 3.63) is 22.8 Å². The van der Waals surface area contributed by atoms with E-state index in [0.717, 1.165) is 18.1 Å². The molecule has 1 N–H and O–H groups in total. The van der Waals surface area contributed by atoms with Crippen LogP contribution in [-0.4, -0.2) is 22.5 Å². The number of nitrogens with one attached hydrogen (secondary N) is 1. The lowest BCUT2D eigenvalue weighted by Crippen LogP contribution is -2.28. The van der Waals surface area contributed by atoms with Crippen molar-refractivity contribution >= 4 is 29.2 Å². The molecule has 1 aromatic rings. The molecule has 1 fully saturated rings. The average Bonchev–Trinajstić information content (AvgIpc) is 2.38. The molecule has 0 bridgehead atoms. The maximum absolute atomic E-state index is 8.90. The minimum absolute atomic E-state index is 0.369. The number of halogens is 1. The number of aromatic nitrogens is 1. The Balaban J connectivity index is 2.05. The Kier molecular flexibility index (Phi) is 4.73. The van der Waals surface area contributed by atoms with Crippen LogP contribution in [0.1, 0.15) is 31.2 Å². The molecule has 2 atom stereocenters. The molecule has 1 aliphatic carbocycles. The highest BCUT2D eigenvalue weighted by molar-refractivity contribution is 7.99. The van der Waals surface area contributed by atoms with Crippen LogP contribution in [0.4, 0.5) is 5.82 Å². The van der Waals surface area contributed by atoms with Crippen LogP contribution in [0.3, 0.4) is 0 Å². The minimum atomic E-state index is 0.369. The molecule has 2 unspecified atom stereocenters. The molecular weight excluding hydrogens is 266 g/mol. The van der Waals surface area contributed by atoms with Crippen LogP contribution in [0.5, 0.6) is 0 Å². The second-order valence-electron chi connectivity index (χ2n) is 4.54. The molecule has 3 nitrogen and oxygen atoms in total. The first kappa shape index (κ1) is 13.5. The molecule has 0 aliphatic heterocycles. The molecule has 0 amide bonds. The van der Waals surface area contributed by atoms with E-state index in [1.54, 1.807) is 12.1 Å². The number of hydrogen-bond acceptors (Lipinski definition) is 4. The zero-order valence-corrected chi connectivity index (χ0v) is 11.9. The summed E-state index contributed by atoms with van der Waals surface area (Å²) in [5.74, 6) is 0.714. The van der Waals surface area contributed by atoms with Gasteiger partial charge in [-0.25, -0.2) is 4.98 Å². The van der Waals surface area contributed by atoms with Crippen LogP contribution in [0.15, 0.2) is 12.1 Å². The van der Waals surface area contributed by atoms with Crippen molar-refractivity contribution in [2.45, 2.75) is 37.0 Å². The van der Waals surface area contributed by atoms with Gasteiger partial charge in [-0.05, 0) is 37.7 Å². The number of thioether (sulfide) groups is 1. The average molecular weight is 282 g/mol. The van der Waals surface area contributed by atoms with Crippen LogP contribution in [-0.2, 0) is 0 Å². The highest BCUT2D eigenvalue weighted by Gasteiger charge is 2.21. The Morgan fingerprint density at radius 1 is 1.50 bits per heavy atom. The summed E-state index contributed by atoms with van der Waals surface area (Å²) in [6.07, 6.45) is 7.02. The second kappa shape index (κ2) is 6.31. The zero-order valence-electron chi connectivity index (χ0n) is 10.3. The second-order valence-corrected chi connectivity index (χ2v) is 6.07. The SMILES string of the molecule is CSC1CCCC(Nc2cc(C#N)cc(Cl)n2)C1. The van der Waals surface area contributed by atoms with Gasteiger partial charge in [0.15, 0.2) is 0 Å². The Morgan fingerprint density at radius 2 is 2.33 bits per heavy atom. The van der Waals surface area contributed by atoms with E-state index in [2.05, 4.69) is 22.6 Å². The lowest BCUT2D eigenvalue weighted by Gasteiger charge is -2.29. The number of anilines is 1. The van der Waals surface area contributed by atoms with Gasteiger partial charge in [0.2, 0.25) is 0 Å². The van der Waals surface area contributed by atoms with Gasteiger partial charge in [-0.3, -0.25) is 0 Å². The Hall–Kier alpha value is -0.920. The van der Waals surface area contributed by atoms with Gasteiger partial charge in [0.1, 0.15) is 11.0 Å². The maximum atomic E-state index is 8.90. The first-order valence-electron chi connectivity index (χ1n) is 6.08. The molecule has 0 aromatic carbocycles. The summed E-state index contributed by atoms with van der Waals surface area (Å²) < 4.78 is 0. The fourth-order valence-electron chi connectivity index (χ4n) is 2.33. The highest BCUT2D eigenvalue weighted by Crippen LogP contribution is 2.28. The standard InChI is InChI=1S/C13H16ClN3S/c1-18-11-4-2-3-10(7-11)16-13-6-9(8-15)5-12(14)17-13/h5-6,10-11H,2-4,7H2,1H3,(H,16,17). The van der Waals surface area contributed by atoms with Crippen LogP contribution in [0.25, 0.3) is 0 Å². The number of nitriles is 1. The molecule has 5 heteroatoms. The monoisotopic (exact) mass is 281 g/mol. The molecule has 0 saturated heterocycles. The molecule has 1 saturated carbocycles. The fourth-order valence-corrected chi connectivity index (χ4v) is 3.37. The quantitative estimate of drug-likeness (QED) is 0.859. The van der Waals surface area contributed by atoms with Gasteiger partial charge >= 0.3 is 0 Å². The highest BCUT2D eigenvalue weighted by atomic mass is 35.5. The van der Waals surface area contributed by atoms with Crippen molar-refractivity contribution in [1.29, 1.82) is 5.26 Å². The summed E-state index contributed by atoms with van der Waals surface area (Å²) in [6.45, 7) is 0. The van der Waals surface area contributed by atoms with E-state index in [1.165, 1.54) is 12.8 Å². The van der Waals surface area contributed by atoms with Gasteiger partial charge in [0.25, 0.3) is 0 Å². The molecule has 96 valence electrons. The Bertz CT molecular complexity index is 458. The van der Waals surface area contributed by atoms with Crippen LogP contribution < -0.4 is 5.32 Å². The zero-order chi connectivity index (χ0) is 13.0. The van der Waals surface area contributed by atoms with Crippen LogP contribution in [0, 0.1) is 11.3 Å². The van der Waals surface area contributed by atoms with Crippen molar-refractivity contribution in [3.63, 3.8) is 0 Å². The predicted octanol–water partition coefficient (Wildman–Crippen LogP) is 3.69. The van der Waals surface area contributed by atoms with Crippen molar-refractivity contribution in [2.75, 3.05) is 11.6 Å². The summed E-state index contributed by atoms with van der Waals surface area (Å²) in [5.41, 5.74) is 0.551. The van der Waals surface area contributed by atoms with E-state index in [-0.39, 0.29) is 0 Å². The van der Waals surface area contributed by atoms with E-state index >= 15 is 0 Å². The van der Waals surface area contributed by atoms with E-state index in [4.69, 9.17) is 16.9 Å².